The molecule has 6 aromatic carbocycles. The Balaban J connectivity index is 0.786. The van der Waals surface area contributed by atoms with E-state index in [0.29, 0.717) is 68.9 Å². The minimum atomic E-state index is -1.27. The molecule has 3 aliphatic rings. The van der Waals surface area contributed by atoms with E-state index in [1.807, 2.05) is 66.7 Å². The largest absolute Gasteiger partial charge is 0.489 e. The molecule has 482 valence electrons. The molecule has 5 N–H and O–H groups in total. The lowest BCUT2D eigenvalue weighted by Crippen LogP contribution is -2.52. The van der Waals surface area contributed by atoms with E-state index in [0.717, 1.165) is 44.2 Å². The van der Waals surface area contributed by atoms with Gasteiger partial charge >= 0.3 is 30.0 Å². The summed E-state index contributed by atoms with van der Waals surface area (Å²) in [6.07, 6.45) is 6.61. The van der Waals surface area contributed by atoms with E-state index in [4.69, 9.17) is 23.7 Å². The molecule has 5 amide bonds. The standard InChI is InChI=1S/C74H89N5O12/c1-73(2,3)90-66(80)40-39-64(70(84)91-74(4,5)6)79-71(85)78-63(69(83)88-46-50-30-37-57(38-31-50)87-45-49-27-32-54(33-28-49)52-18-15-19-52)24-13-14-41-75-68(82)65(43-51-29-34-53-16-7-8-17-56(53)42-51)77-67(81)55-35-25-48(26-36-55)44-76-72(86)89-47-62-60-22-11-9-20-58(60)59-21-10-12-23-61(59)62/h7-12,16-17,20-23,27-34,37-38,42,48,52,55,62-65H,13-15,18-19,24-26,35-36,39-41,43-47H2,1-6H3,(H,75,82)(H,76,86)(H,77,81)(H2,78,79,85). The van der Waals surface area contributed by atoms with E-state index in [-0.39, 0.29) is 75.0 Å². The molecular weight excluding hydrogens is 1150 g/mol. The Morgan fingerprint density at radius 3 is 1.80 bits per heavy atom. The first-order valence-electron chi connectivity index (χ1n) is 32.3. The molecule has 3 aliphatic carbocycles. The number of ether oxygens (including phenoxy) is 5. The number of urea groups is 1. The Kier molecular flexibility index (Phi) is 23.0. The second-order valence-corrected chi connectivity index (χ2v) is 26.4. The van der Waals surface area contributed by atoms with E-state index in [1.54, 1.807) is 65.8 Å². The molecule has 0 radical (unpaired) electrons. The Morgan fingerprint density at radius 1 is 0.549 bits per heavy atom. The smallest absolute Gasteiger partial charge is 0.407 e. The van der Waals surface area contributed by atoms with Crippen LogP contribution in [-0.4, -0.2) is 90.9 Å². The molecule has 0 bridgehead atoms. The highest BCUT2D eigenvalue weighted by Gasteiger charge is 2.34. The zero-order chi connectivity index (χ0) is 64.5. The van der Waals surface area contributed by atoms with Gasteiger partial charge in [-0.05, 0) is 185 Å². The predicted octanol–water partition coefficient (Wildman–Crippen LogP) is 12.6. The fraction of sp³-hybridized carbons (Fsp3) is 0.446. The van der Waals surface area contributed by atoms with E-state index in [9.17, 15) is 33.6 Å². The van der Waals surface area contributed by atoms with Gasteiger partial charge < -0.3 is 50.3 Å². The van der Waals surface area contributed by atoms with Gasteiger partial charge in [0.05, 0.1) is 0 Å². The number of alkyl carbamates (subject to hydrolysis) is 1. The molecule has 0 saturated heterocycles. The van der Waals surface area contributed by atoms with Gasteiger partial charge in [0, 0.05) is 37.8 Å². The van der Waals surface area contributed by atoms with Crippen molar-refractivity contribution >= 4 is 52.6 Å². The Morgan fingerprint density at radius 2 is 1.15 bits per heavy atom. The molecule has 3 unspecified atom stereocenters. The van der Waals surface area contributed by atoms with Crippen LogP contribution < -0.4 is 31.3 Å². The van der Waals surface area contributed by atoms with Gasteiger partial charge in [-0.1, -0.05) is 134 Å². The van der Waals surface area contributed by atoms with Crippen LogP contribution in [-0.2, 0) is 62.6 Å². The number of unbranched alkanes of at least 4 members (excludes halogenated alkanes) is 1. The van der Waals surface area contributed by atoms with Crippen LogP contribution in [0.3, 0.4) is 0 Å². The molecule has 3 atom stereocenters. The van der Waals surface area contributed by atoms with Crippen LogP contribution in [0.15, 0.2) is 140 Å². The summed E-state index contributed by atoms with van der Waals surface area (Å²) in [6, 6.07) is 41.9. The summed E-state index contributed by atoms with van der Waals surface area (Å²) in [4.78, 5) is 95.4. The first-order valence-corrected chi connectivity index (χ1v) is 32.3. The first-order chi connectivity index (χ1) is 43.7. The highest BCUT2D eigenvalue weighted by Crippen LogP contribution is 2.44. The van der Waals surface area contributed by atoms with Gasteiger partial charge in [0.25, 0.3) is 0 Å². The average molecular weight is 1240 g/mol. The van der Waals surface area contributed by atoms with Crippen LogP contribution in [0.2, 0.25) is 0 Å². The summed E-state index contributed by atoms with van der Waals surface area (Å²) < 4.78 is 28.7. The number of esters is 3. The zero-order valence-electron chi connectivity index (χ0n) is 53.4. The molecule has 9 rings (SSSR count). The summed E-state index contributed by atoms with van der Waals surface area (Å²) in [5, 5.41) is 16.5. The highest BCUT2D eigenvalue weighted by molar-refractivity contribution is 5.90. The molecule has 6 aromatic rings. The second kappa shape index (κ2) is 31.3. The van der Waals surface area contributed by atoms with Gasteiger partial charge in [0.15, 0.2) is 0 Å². The van der Waals surface area contributed by atoms with Crippen molar-refractivity contribution in [3.05, 3.63) is 173 Å². The molecule has 17 nitrogen and oxygen atoms in total. The van der Waals surface area contributed by atoms with Crippen LogP contribution in [0.5, 0.6) is 5.75 Å². The van der Waals surface area contributed by atoms with Crippen LogP contribution in [0.25, 0.3) is 21.9 Å². The molecule has 0 heterocycles. The summed E-state index contributed by atoms with van der Waals surface area (Å²) in [7, 11) is 0. The van der Waals surface area contributed by atoms with Crippen LogP contribution in [0, 0.1) is 11.8 Å². The summed E-state index contributed by atoms with van der Waals surface area (Å²) in [5.41, 5.74) is 6.91. The topological polar surface area (TPSA) is 226 Å². The van der Waals surface area contributed by atoms with Crippen molar-refractivity contribution in [2.45, 2.75) is 179 Å². The van der Waals surface area contributed by atoms with Gasteiger partial charge in [-0.3, -0.25) is 14.4 Å². The number of benzene rings is 6. The number of fused-ring (bicyclic) bond motifs is 4. The molecule has 2 fully saturated rings. The van der Waals surface area contributed by atoms with Crippen molar-refractivity contribution < 1.29 is 57.2 Å². The average Bonchev–Trinajstić information content (AvgIpc) is 1.63. The highest BCUT2D eigenvalue weighted by atomic mass is 16.6. The number of hydrogen-bond acceptors (Lipinski definition) is 12. The molecule has 0 spiro atoms. The number of carbonyl (C=O) groups is 7. The van der Waals surface area contributed by atoms with Crippen molar-refractivity contribution in [1.29, 1.82) is 0 Å². The molecule has 0 aliphatic heterocycles. The fourth-order valence-corrected chi connectivity index (χ4v) is 12.0. The normalized spacial score (nSPS) is 16.5. The number of rotatable bonds is 27. The number of carbonyl (C=O) groups excluding carboxylic acids is 7. The number of amides is 5. The second-order valence-electron chi connectivity index (χ2n) is 26.4. The van der Waals surface area contributed by atoms with Crippen LogP contribution in [0.1, 0.15) is 164 Å². The zero-order valence-corrected chi connectivity index (χ0v) is 53.4. The van der Waals surface area contributed by atoms with Gasteiger partial charge in [-0.25, -0.2) is 19.2 Å². The minimum absolute atomic E-state index is 0.0430. The lowest BCUT2D eigenvalue weighted by Gasteiger charge is -2.29. The van der Waals surface area contributed by atoms with Gasteiger partial charge in [0.1, 0.15) is 54.9 Å². The van der Waals surface area contributed by atoms with E-state index < -0.39 is 59.4 Å². The van der Waals surface area contributed by atoms with Crippen molar-refractivity contribution in [1.82, 2.24) is 26.6 Å². The Bertz CT molecular complexity index is 3430. The van der Waals surface area contributed by atoms with E-state index >= 15 is 0 Å². The summed E-state index contributed by atoms with van der Waals surface area (Å²) in [5.74, 6) is -1.55. The number of nitrogens with one attached hydrogen (secondary N) is 5. The third-order valence-corrected chi connectivity index (χ3v) is 17.1. The first kappa shape index (κ1) is 66.7. The van der Waals surface area contributed by atoms with Gasteiger partial charge in [0.2, 0.25) is 11.8 Å². The molecular formula is C74H89N5O12. The predicted molar refractivity (Wildman–Crippen MR) is 349 cm³/mol. The molecule has 17 heteroatoms. The van der Waals surface area contributed by atoms with E-state index in [2.05, 4.69) is 75.1 Å². The lowest BCUT2D eigenvalue weighted by atomic mass is 9.80. The lowest BCUT2D eigenvalue weighted by molar-refractivity contribution is -0.158. The SMILES string of the molecule is CC(C)(C)OC(=O)CCC(NC(=O)NC(CCCCNC(=O)C(Cc1ccc2ccccc2c1)NC(=O)C1CCC(CNC(=O)OCC2c3ccccc3-c3ccccc32)CC1)C(=O)OCc1ccc(OCc2ccc(C3CCC3)cc2)cc1)C(=O)OC(C)(C)C. The maximum Gasteiger partial charge on any atom is 0.407 e. The van der Waals surface area contributed by atoms with E-state index in [1.165, 1.54) is 24.8 Å². The van der Waals surface area contributed by atoms with Crippen molar-refractivity contribution in [3.63, 3.8) is 0 Å². The van der Waals surface area contributed by atoms with Crippen molar-refractivity contribution in [2.75, 3.05) is 19.7 Å². The molecule has 0 aromatic heterocycles. The van der Waals surface area contributed by atoms with Crippen molar-refractivity contribution in [2.24, 2.45) is 11.8 Å². The van der Waals surface area contributed by atoms with Crippen molar-refractivity contribution in [3.8, 4) is 16.9 Å². The maximum absolute atomic E-state index is 14.2. The van der Waals surface area contributed by atoms with Gasteiger partial charge in [-0.2, -0.15) is 0 Å². The fourth-order valence-electron chi connectivity index (χ4n) is 12.0. The summed E-state index contributed by atoms with van der Waals surface area (Å²) >= 11 is 0. The Hall–Kier alpha value is -8.73. The van der Waals surface area contributed by atoms with Crippen LogP contribution in [0.4, 0.5) is 9.59 Å². The van der Waals surface area contributed by atoms with Gasteiger partial charge in [-0.15, -0.1) is 0 Å². The summed E-state index contributed by atoms with van der Waals surface area (Å²) in [6.45, 7) is 11.4. The molecule has 91 heavy (non-hydrogen) atoms. The maximum atomic E-state index is 14.2. The third kappa shape index (κ3) is 19.9. The molecule has 2 saturated carbocycles. The third-order valence-electron chi connectivity index (χ3n) is 17.1. The monoisotopic (exact) mass is 1240 g/mol. The minimum Gasteiger partial charge on any atom is -0.489 e. The quantitative estimate of drug-likeness (QED) is 0.0184. The van der Waals surface area contributed by atoms with Crippen LogP contribution >= 0.6 is 0 Å². The number of hydrogen-bond donors (Lipinski definition) is 5. The Labute approximate surface area is 534 Å².